The molecule has 4 heteroatoms. The van der Waals surface area contributed by atoms with Crippen LogP contribution in [0.25, 0.3) is 11.0 Å². The second-order valence-electron chi connectivity index (χ2n) is 5.18. The highest BCUT2D eigenvalue weighted by Gasteiger charge is 2.13. The maximum Gasteiger partial charge on any atom is 0.291 e. The number of hydrogen-bond acceptors (Lipinski definition) is 3. The molecule has 0 fully saturated rings. The molecule has 106 valence electrons. The van der Waals surface area contributed by atoms with Gasteiger partial charge < -0.3 is 15.5 Å². The molecule has 0 spiro atoms. The van der Waals surface area contributed by atoms with E-state index in [-0.39, 0.29) is 11.7 Å². The molecule has 2 aromatic carbocycles. The Balaban J connectivity index is 1.91. The number of fused-ring (bicyclic) bond motifs is 1. The number of rotatable bonds is 2. The highest BCUT2D eigenvalue weighted by Crippen LogP contribution is 2.23. The monoisotopic (exact) mass is 280 g/mol. The minimum absolute atomic E-state index is 0.280. The molecule has 0 aliphatic heterocycles. The Labute approximate surface area is 122 Å². The van der Waals surface area contributed by atoms with Crippen molar-refractivity contribution in [2.24, 2.45) is 0 Å². The summed E-state index contributed by atoms with van der Waals surface area (Å²) in [5, 5.41) is 3.75. The van der Waals surface area contributed by atoms with Gasteiger partial charge in [0, 0.05) is 16.8 Å². The van der Waals surface area contributed by atoms with Crippen LogP contribution in [0.2, 0.25) is 0 Å². The van der Waals surface area contributed by atoms with Gasteiger partial charge >= 0.3 is 0 Å². The van der Waals surface area contributed by atoms with Gasteiger partial charge in [-0.1, -0.05) is 17.7 Å². The molecule has 3 rings (SSSR count). The van der Waals surface area contributed by atoms with Crippen LogP contribution < -0.4 is 11.1 Å². The zero-order valence-electron chi connectivity index (χ0n) is 11.9. The van der Waals surface area contributed by atoms with Crippen molar-refractivity contribution in [1.82, 2.24) is 0 Å². The summed E-state index contributed by atoms with van der Waals surface area (Å²) < 4.78 is 5.58. The first-order valence-corrected chi connectivity index (χ1v) is 6.70. The average molecular weight is 280 g/mol. The summed E-state index contributed by atoms with van der Waals surface area (Å²) in [5.41, 5.74) is 9.82. The summed E-state index contributed by atoms with van der Waals surface area (Å²) in [7, 11) is 0. The largest absolute Gasteiger partial charge is 0.451 e. The lowest BCUT2D eigenvalue weighted by atomic mass is 10.1. The minimum Gasteiger partial charge on any atom is -0.451 e. The zero-order chi connectivity index (χ0) is 15.0. The first-order valence-electron chi connectivity index (χ1n) is 6.70. The topological polar surface area (TPSA) is 68.3 Å². The van der Waals surface area contributed by atoms with Gasteiger partial charge in [0.1, 0.15) is 5.58 Å². The molecule has 21 heavy (non-hydrogen) atoms. The molecule has 4 nitrogen and oxygen atoms in total. The second kappa shape index (κ2) is 4.98. The van der Waals surface area contributed by atoms with Gasteiger partial charge in [0.25, 0.3) is 5.91 Å². The summed E-state index contributed by atoms with van der Waals surface area (Å²) in [6.07, 6.45) is 0. The molecule has 0 bridgehead atoms. The number of carbonyl (C=O) groups is 1. The van der Waals surface area contributed by atoms with Crippen molar-refractivity contribution in [3.63, 3.8) is 0 Å². The van der Waals surface area contributed by atoms with Crippen molar-refractivity contribution in [2.75, 3.05) is 11.1 Å². The van der Waals surface area contributed by atoms with Gasteiger partial charge in [0.05, 0.1) is 0 Å². The van der Waals surface area contributed by atoms with Crippen molar-refractivity contribution in [3.8, 4) is 0 Å². The summed E-state index contributed by atoms with van der Waals surface area (Å²) in [6.45, 7) is 3.92. The fourth-order valence-corrected chi connectivity index (χ4v) is 2.23. The third kappa shape index (κ3) is 2.60. The van der Waals surface area contributed by atoms with E-state index in [4.69, 9.17) is 10.2 Å². The van der Waals surface area contributed by atoms with Gasteiger partial charge in [-0.15, -0.1) is 0 Å². The molecular weight excluding hydrogens is 264 g/mol. The molecular formula is C17H16N2O2. The first kappa shape index (κ1) is 13.2. The van der Waals surface area contributed by atoms with Crippen LogP contribution >= 0.6 is 0 Å². The van der Waals surface area contributed by atoms with Gasteiger partial charge in [-0.05, 0) is 49.7 Å². The molecule has 0 unspecified atom stereocenters. The van der Waals surface area contributed by atoms with E-state index in [1.54, 1.807) is 18.2 Å². The predicted octanol–water partition coefficient (Wildman–Crippen LogP) is 3.88. The van der Waals surface area contributed by atoms with E-state index in [0.717, 1.165) is 16.5 Å². The summed E-state index contributed by atoms with van der Waals surface area (Å²) in [5.74, 6) is 0.00924. The number of carbonyl (C=O) groups excluding carboxylic acids is 1. The third-order valence-electron chi connectivity index (χ3n) is 3.41. The number of benzene rings is 2. The van der Waals surface area contributed by atoms with Crippen molar-refractivity contribution < 1.29 is 9.21 Å². The van der Waals surface area contributed by atoms with Crippen LogP contribution in [0, 0.1) is 13.8 Å². The Morgan fingerprint density at radius 2 is 1.90 bits per heavy atom. The number of nitrogens with one attached hydrogen (secondary N) is 1. The van der Waals surface area contributed by atoms with E-state index in [9.17, 15) is 4.79 Å². The standard InChI is InChI=1S/C17H16N2O2/c1-10-3-6-15-12(7-10)8-16(21-15)17(20)19-14-9-13(18)5-4-11(14)2/h3-9H,18H2,1-2H3,(H,19,20). The second-order valence-corrected chi connectivity index (χ2v) is 5.18. The van der Waals surface area contributed by atoms with E-state index in [1.165, 1.54) is 0 Å². The average Bonchev–Trinajstić information content (AvgIpc) is 2.86. The lowest BCUT2D eigenvalue weighted by molar-refractivity contribution is 0.0998. The Hall–Kier alpha value is -2.75. The molecule has 1 heterocycles. The van der Waals surface area contributed by atoms with E-state index < -0.39 is 0 Å². The van der Waals surface area contributed by atoms with Crippen LogP contribution in [0.4, 0.5) is 11.4 Å². The fraction of sp³-hybridized carbons (Fsp3) is 0.118. The molecule has 1 aromatic heterocycles. The highest BCUT2D eigenvalue weighted by atomic mass is 16.3. The molecule has 0 saturated heterocycles. The van der Waals surface area contributed by atoms with Gasteiger partial charge in [-0.2, -0.15) is 0 Å². The minimum atomic E-state index is -0.280. The van der Waals surface area contributed by atoms with Crippen molar-refractivity contribution in [2.45, 2.75) is 13.8 Å². The van der Waals surface area contributed by atoms with E-state index in [0.29, 0.717) is 17.0 Å². The molecule has 0 atom stereocenters. The fourth-order valence-electron chi connectivity index (χ4n) is 2.23. The molecule has 3 N–H and O–H groups in total. The van der Waals surface area contributed by atoms with E-state index in [2.05, 4.69) is 5.32 Å². The molecule has 0 radical (unpaired) electrons. The molecule has 3 aromatic rings. The number of furan rings is 1. The quantitative estimate of drug-likeness (QED) is 0.700. The molecule has 0 aliphatic carbocycles. The van der Waals surface area contributed by atoms with Crippen molar-refractivity contribution in [3.05, 3.63) is 59.4 Å². The summed E-state index contributed by atoms with van der Waals surface area (Å²) >= 11 is 0. The predicted molar refractivity (Wildman–Crippen MR) is 84.5 cm³/mol. The number of nitrogen functional groups attached to an aromatic ring is 1. The maximum atomic E-state index is 12.3. The number of nitrogens with two attached hydrogens (primary N) is 1. The van der Waals surface area contributed by atoms with Crippen LogP contribution in [0.3, 0.4) is 0 Å². The van der Waals surface area contributed by atoms with Crippen molar-refractivity contribution in [1.29, 1.82) is 0 Å². The Bertz CT molecular complexity index is 834. The Morgan fingerprint density at radius 1 is 1.10 bits per heavy atom. The lowest BCUT2D eigenvalue weighted by Gasteiger charge is -2.07. The molecule has 0 saturated carbocycles. The maximum absolute atomic E-state index is 12.3. The van der Waals surface area contributed by atoms with Gasteiger partial charge in [-0.3, -0.25) is 4.79 Å². The number of amides is 1. The zero-order valence-corrected chi connectivity index (χ0v) is 11.9. The van der Waals surface area contributed by atoms with E-state index >= 15 is 0 Å². The number of anilines is 2. The summed E-state index contributed by atoms with van der Waals surface area (Å²) in [4.78, 5) is 12.3. The molecule has 1 amide bonds. The first-order chi connectivity index (χ1) is 10.0. The van der Waals surface area contributed by atoms with E-state index in [1.807, 2.05) is 38.1 Å². The van der Waals surface area contributed by atoms with Crippen LogP contribution in [-0.4, -0.2) is 5.91 Å². The lowest BCUT2D eigenvalue weighted by Crippen LogP contribution is -2.12. The van der Waals surface area contributed by atoms with Crippen LogP contribution in [0.5, 0.6) is 0 Å². The molecule has 0 aliphatic rings. The van der Waals surface area contributed by atoms with Crippen LogP contribution in [0.1, 0.15) is 21.7 Å². The number of hydrogen-bond donors (Lipinski definition) is 2. The smallest absolute Gasteiger partial charge is 0.291 e. The summed E-state index contributed by atoms with van der Waals surface area (Å²) in [6, 6.07) is 13.0. The Kier molecular flexibility index (Phi) is 3.14. The number of aryl methyl sites for hydroxylation is 2. The van der Waals surface area contributed by atoms with Crippen LogP contribution in [-0.2, 0) is 0 Å². The SMILES string of the molecule is Cc1ccc2oc(C(=O)Nc3cc(N)ccc3C)cc2c1. The highest BCUT2D eigenvalue weighted by molar-refractivity contribution is 6.05. The third-order valence-corrected chi connectivity index (χ3v) is 3.41. The van der Waals surface area contributed by atoms with Gasteiger partial charge in [0.2, 0.25) is 0 Å². The van der Waals surface area contributed by atoms with Crippen LogP contribution in [0.15, 0.2) is 46.9 Å². The normalized spacial score (nSPS) is 10.8. The Morgan fingerprint density at radius 3 is 2.71 bits per heavy atom. The van der Waals surface area contributed by atoms with Gasteiger partial charge in [-0.25, -0.2) is 0 Å². The van der Waals surface area contributed by atoms with Gasteiger partial charge in [0.15, 0.2) is 5.76 Å². The van der Waals surface area contributed by atoms with Crippen molar-refractivity contribution >= 4 is 28.3 Å².